The normalized spacial score (nSPS) is 16.8. The molecule has 2 rings (SSSR count). The van der Waals surface area contributed by atoms with E-state index >= 15 is 0 Å². The van der Waals surface area contributed by atoms with Gasteiger partial charge in [0.1, 0.15) is 0 Å². The maximum Gasteiger partial charge on any atom is 0.330 e. The van der Waals surface area contributed by atoms with Crippen LogP contribution in [0.3, 0.4) is 0 Å². The molecule has 0 unspecified atom stereocenters. The number of carboxylic acids is 1. The smallest absolute Gasteiger partial charge is 0.330 e. The Balaban J connectivity index is 1.89. The number of methoxy groups -OCH3 is 1. The summed E-state index contributed by atoms with van der Waals surface area (Å²) in [4.78, 5) is 25.5. The average Bonchev–Trinajstić information content (AvgIpc) is 2.58. The van der Waals surface area contributed by atoms with Gasteiger partial charge in [0.2, 0.25) is 0 Å². The maximum atomic E-state index is 12.3. The minimum Gasteiger partial charge on any atom is -0.479 e. The van der Waals surface area contributed by atoms with Gasteiger partial charge in [-0.1, -0.05) is 30.3 Å². The van der Waals surface area contributed by atoms with Crippen LogP contribution >= 0.6 is 0 Å². The van der Waals surface area contributed by atoms with Crippen LogP contribution < -0.4 is 5.32 Å². The molecule has 1 aliphatic heterocycles. The Morgan fingerprint density at radius 3 is 2.52 bits per heavy atom. The van der Waals surface area contributed by atoms with E-state index in [1.54, 1.807) is 36.3 Å². The molecule has 0 aliphatic carbocycles. The van der Waals surface area contributed by atoms with Crippen molar-refractivity contribution in [3.63, 3.8) is 0 Å². The van der Waals surface area contributed by atoms with Gasteiger partial charge in [-0.2, -0.15) is 0 Å². The number of benzene rings is 1. The van der Waals surface area contributed by atoms with Crippen LogP contribution in [0.25, 0.3) is 0 Å². The average molecular weight is 320 g/mol. The number of carboxylic acid groups (broad SMARTS) is 1. The number of nitrogens with zero attached hydrogens (tertiary/aromatic N) is 1. The molecule has 23 heavy (non-hydrogen) atoms. The Labute approximate surface area is 136 Å². The predicted octanol–water partition coefficient (Wildman–Crippen LogP) is 2.27. The highest BCUT2D eigenvalue weighted by molar-refractivity contribution is 5.83. The zero-order valence-electron chi connectivity index (χ0n) is 13.4. The second kappa shape index (κ2) is 8.53. The molecule has 6 heteroatoms. The fraction of sp³-hybridized carbons (Fsp3) is 0.529. The lowest BCUT2D eigenvalue weighted by molar-refractivity contribution is -0.139. The summed E-state index contributed by atoms with van der Waals surface area (Å²) in [6.45, 7) is 2.05. The number of urea groups is 1. The van der Waals surface area contributed by atoms with E-state index in [0.29, 0.717) is 24.6 Å². The fourth-order valence-electron chi connectivity index (χ4n) is 2.86. The summed E-state index contributed by atoms with van der Waals surface area (Å²) in [7, 11) is 1.69. The number of carbonyl (C=O) groups excluding carboxylic acids is 1. The van der Waals surface area contributed by atoms with Gasteiger partial charge in [-0.15, -0.1) is 0 Å². The maximum absolute atomic E-state index is 12.3. The molecule has 1 saturated heterocycles. The van der Waals surface area contributed by atoms with Crippen molar-refractivity contribution < 1.29 is 19.4 Å². The molecule has 0 radical (unpaired) electrons. The van der Waals surface area contributed by atoms with Crippen LogP contribution in [0.4, 0.5) is 4.79 Å². The Morgan fingerprint density at radius 1 is 1.30 bits per heavy atom. The van der Waals surface area contributed by atoms with Gasteiger partial charge in [-0.25, -0.2) is 9.59 Å². The highest BCUT2D eigenvalue weighted by atomic mass is 16.5. The Kier molecular flexibility index (Phi) is 6.40. The van der Waals surface area contributed by atoms with E-state index in [0.717, 1.165) is 25.9 Å². The second-order valence-corrected chi connectivity index (χ2v) is 5.84. The molecule has 0 bridgehead atoms. The molecule has 6 nitrogen and oxygen atoms in total. The first-order valence-corrected chi connectivity index (χ1v) is 7.94. The van der Waals surface area contributed by atoms with Crippen LogP contribution in [0.15, 0.2) is 30.3 Å². The van der Waals surface area contributed by atoms with Crippen LogP contribution in [-0.4, -0.2) is 48.8 Å². The van der Waals surface area contributed by atoms with E-state index in [1.807, 2.05) is 6.07 Å². The van der Waals surface area contributed by atoms with Crippen molar-refractivity contribution in [3.8, 4) is 0 Å². The first-order valence-electron chi connectivity index (χ1n) is 7.94. The molecule has 0 aromatic heterocycles. The molecule has 0 spiro atoms. The highest BCUT2D eigenvalue weighted by Gasteiger charge is 2.27. The lowest BCUT2D eigenvalue weighted by atomic mass is 9.94. The number of amides is 2. The Morgan fingerprint density at radius 2 is 1.96 bits per heavy atom. The SMILES string of the molecule is COCCC1CCN(C(=O)N[C@@H](C(=O)O)c2ccccc2)CC1. The van der Waals surface area contributed by atoms with E-state index in [-0.39, 0.29) is 6.03 Å². The summed E-state index contributed by atoms with van der Waals surface area (Å²) in [5, 5.41) is 12.0. The highest BCUT2D eigenvalue weighted by Crippen LogP contribution is 2.21. The number of ether oxygens (including phenoxy) is 1. The van der Waals surface area contributed by atoms with Gasteiger partial charge in [-0.05, 0) is 30.7 Å². The van der Waals surface area contributed by atoms with Gasteiger partial charge in [0, 0.05) is 26.8 Å². The van der Waals surface area contributed by atoms with Crippen molar-refractivity contribution in [1.82, 2.24) is 10.2 Å². The third-order valence-corrected chi connectivity index (χ3v) is 4.28. The zero-order chi connectivity index (χ0) is 16.7. The zero-order valence-corrected chi connectivity index (χ0v) is 13.4. The van der Waals surface area contributed by atoms with Gasteiger partial charge < -0.3 is 20.1 Å². The first kappa shape index (κ1) is 17.3. The summed E-state index contributed by atoms with van der Waals surface area (Å²) >= 11 is 0. The monoisotopic (exact) mass is 320 g/mol. The number of aliphatic carboxylic acids is 1. The number of likely N-dealkylation sites (tertiary alicyclic amines) is 1. The summed E-state index contributed by atoms with van der Waals surface area (Å²) in [6.07, 6.45) is 2.87. The van der Waals surface area contributed by atoms with Gasteiger partial charge in [-0.3, -0.25) is 0 Å². The largest absolute Gasteiger partial charge is 0.479 e. The van der Waals surface area contributed by atoms with E-state index in [9.17, 15) is 14.7 Å². The number of hydrogen-bond acceptors (Lipinski definition) is 3. The molecule has 1 fully saturated rings. The lowest BCUT2D eigenvalue weighted by Gasteiger charge is -2.32. The molecular weight excluding hydrogens is 296 g/mol. The molecule has 1 heterocycles. The lowest BCUT2D eigenvalue weighted by Crippen LogP contribution is -2.47. The molecule has 1 aromatic carbocycles. The number of carbonyl (C=O) groups is 2. The van der Waals surface area contributed by atoms with Crippen molar-refractivity contribution >= 4 is 12.0 Å². The van der Waals surface area contributed by atoms with Crippen molar-refractivity contribution in [2.75, 3.05) is 26.8 Å². The minimum atomic E-state index is -1.06. The summed E-state index contributed by atoms with van der Waals surface area (Å²) in [5.74, 6) is -0.483. The van der Waals surface area contributed by atoms with Crippen LogP contribution in [0.1, 0.15) is 30.9 Å². The number of nitrogens with one attached hydrogen (secondary N) is 1. The van der Waals surface area contributed by atoms with E-state index < -0.39 is 12.0 Å². The minimum absolute atomic E-state index is 0.313. The molecule has 126 valence electrons. The third kappa shape index (κ3) is 4.96. The van der Waals surface area contributed by atoms with Crippen molar-refractivity contribution in [2.24, 2.45) is 5.92 Å². The summed E-state index contributed by atoms with van der Waals surface area (Å²) in [6, 6.07) is 7.42. The molecular formula is C17H24N2O4. The number of hydrogen-bond donors (Lipinski definition) is 2. The van der Waals surface area contributed by atoms with Gasteiger partial charge in [0.25, 0.3) is 0 Å². The van der Waals surface area contributed by atoms with Crippen molar-refractivity contribution in [3.05, 3.63) is 35.9 Å². The predicted molar refractivity (Wildman–Crippen MR) is 86.1 cm³/mol. The summed E-state index contributed by atoms with van der Waals surface area (Å²) in [5.41, 5.74) is 0.573. The molecule has 1 aliphatic rings. The first-order chi connectivity index (χ1) is 11.1. The number of piperidine rings is 1. The quantitative estimate of drug-likeness (QED) is 0.843. The summed E-state index contributed by atoms with van der Waals surface area (Å²) < 4.78 is 5.09. The molecule has 2 N–H and O–H groups in total. The van der Waals surface area contributed by atoms with E-state index in [2.05, 4.69) is 5.32 Å². The van der Waals surface area contributed by atoms with E-state index in [4.69, 9.17) is 4.74 Å². The van der Waals surface area contributed by atoms with Crippen molar-refractivity contribution in [1.29, 1.82) is 0 Å². The molecule has 2 amide bonds. The second-order valence-electron chi connectivity index (χ2n) is 5.84. The van der Waals surface area contributed by atoms with Gasteiger partial charge in [0.15, 0.2) is 6.04 Å². The topological polar surface area (TPSA) is 78.9 Å². The fourth-order valence-corrected chi connectivity index (χ4v) is 2.86. The van der Waals surface area contributed by atoms with Crippen LogP contribution in [0.5, 0.6) is 0 Å². The van der Waals surface area contributed by atoms with E-state index in [1.165, 1.54) is 0 Å². The number of rotatable bonds is 6. The molecule has 1 atom stereocenters. The van der Waals surface area contributed by atoms with Crippen LogP contribution in [0, 0.1) is 5.92 Å². The van der Waals surface area contributed by atoms with Crippen LogP contribution in [0.2, 0.25) is 0 Å². The van der Waals surface area contributed by atoms with Gasteiger partial charge in [0.05, 0.1) is 0 Å². The standard InChI is InChI=1S/C17H24N2O4/c1-23-12-9-13-7-10-19(11-8-13)17(22)18-15(16(20)21)14-5-3-2-4-6-14/h2-6,13,15H,7-12H2,1H3,(H,18,22)(H,20,21)/t15-/m1/s1. The molecule has 1 aromatic rings. The third-order valence-electron chi connectivity index (χ3n) is 4.28. The molecule has 0 saturated carbocycles. The van der Waals surface area contributed by atoms with Crippen molar-refractivity contribution in [2.45, 2.75) is 25.3 Å². The Hall–Kier alpha value is -2.08. The van der Waals surface area contributed by atoms with Crippen LogP contribution in [-0.2, 0) is 9.53 Å². The Bertz CT molecular complexity index is 513. The van der Waals surface area contributed by atoms with Gasteiger partial charge >= 0.3 is 12.0 Å².